The molecule has 2 heterocycles. The van der Waals surface area contributed by atoms with Gasteiger partial charge in [0, 0.05) is 6.61 Å². The average molecular weight is 252 g/mol. The highest BCUT2D eigenvalue weighted by atomic mass is 16.5. The molecule has 0 aromatic rings. The van der Waals surface area contributed by atoms with E-state index in [1.165, 1.54) is 0 Å². The number of imide groups is 2. The fraction of sp³-hybridized carbons (Fsp3) is 0.750. The maximum Gasteiger partial charge on any atom is 0.330 e. The summed E-state index contributed by atoms with van der Waals surface area (Å²) in [6, 6.07) is -0.612. The second-order valence-corrected chi connectivity index (χ2v) is 5.63. The molecule has 1 atom stereocenters. The Morgan fingerprint density at radius 1 is 1.28 bits per heavy atom. The smallest absolute Gasteiger partial charge is 0.330 e. The Bertz CT molecular complexity index is 435. The van der Waals surface area contributed by atoms with Gasteiger partial charge in [0.2, 0.25) is 11.8 Å². The molecule has 3 rings (SSSR count). The van der Waals surface area contributed by atoms with Gasteiger partial charge in [-0.25, -0.2) is 4.79 Å². The molecule has 2 aliphatic heterocycles. The molecule has 98 valence electrons. The van der Waals surface area contributed by atoms with E-state index >= 15 is 0 Å². The Balaban J connectivity index is 1.80. The Morgan fingerprint density at radius 3 is 2.56 bits per heavy atom. The van der Waals surface area contributed by atoms with Crippen molar-refractivity contribution in [3.8, 4) is 0 Å². The zero-order valence-corrected chi connectivity index (χ0v) is 10.3. The first-order valence-corrected chi connectivity index (χ1v) is 6.28. The molecule has 3 fully saturated rings. The minimum absolute atomic E-state index is 0.229. The summed E-state index contributed by atoms with van der Waals surface area (Å²) in [7, 11) is 0. The van der Waals surface area contributed by atoms with Crippen LogP contribution < -0.4 is 5.32 Å². The lowest BCUT2D eigenvalue weighted by Gasteiger charge is -2.35. The fourth-order valence-electron chi connectivity index (χ4n) is 2.74. The van der Waals surface area contributed by atoms with Gasteiger partial charge in [0.15, 0.2) is 0 Å². The SMILES string of the molecule is CC1(CN2C(=O)NC(=O)C3(CC3)C2=O)CCCO1. The van der Waals surface area contributed by atoms with Crippen molar-refractivity contribution in [2.45, 2.75) is 38.2 Å². The van der Waals surface area contributed by atoms with Gasteiger partial charge < -0.3 is 4.74 Å². The van der Waals surface area contributed by atoms with Gasteiger partial charge in [-0.15, -0.1) is 0 Å². The van der Waals surface area contributed by atoms with Crippen molar-refractivity contribution in [2.75, 3.05) is 13.2 Å². The second kappa shape index (κ2) is 3.54. The third kappa shape index (κ3) is 1.55. The van der Waals surface area contributed by atoms with Crippen LogP contribution in [-0.2, 0) is 14.3 Å². The highest BCUT2D eigenvalue weighted by Gasteiger charge is 2.62. The molecule has 3 aliphatic rings. The number of rotatable bonds is 2. The maximum absolute atomic E-state index is 12.2. The number of urea groups is 1. The first kappa shape index (κ1) is 11.6. The monoisotopic (exact) mass is 252 g/mol. The highest BCUT2D eigenvalue weighted by Crippen LogP contribution is 2.49. The molecule has 6 nitrogen and oxygen atoms in total. The molecule has 0 aromatic heterocycles. The molecule has 0 bridgehead atoms. The lowest BCUT2D eigenvalue weighted by Crippen LogP contribution is -2.61. The molecule has 0 aromatic carbocycles. The number of ether oxygens (including phenoxy) is 1. The summed E-state index contributed by atoms with van der Waals surface area (Å²) < 4.78 is 5.60. The fourth-order valence-corrected chi connectivity index (χ4v) is 2.74. The van der Waals surface area contributed by atoms with Crippen molar-refractivity contribution in [3.05, 3.63) is 0 Å². The molecule has 1 unspecified atom stereocenters. The van der Waals surface area contributed by atoms with Crippen LogP contribution in [0.1, 0.15) is 32.6 Å². The molecule has 18 heavy (non-hydrogen) atoms. The molecule has 0 radical (unpaired) electrons. The van der Waals surface area contributed by atoms with Crippen molar-refractivity contribution >= 4 is 17.8 Å². The molecule has 1 saturated carbocycles. The summed E-state index contributed by atoms with van der Waals surface area (Å²) in [5, 5.41) is 2.28. The van der Waals surface area contributed by atoms with E-state index in [0.29, 0.717) is 19.4 Å². The van der Waals surface area contributed by atoms with Crippen molar-refractivity contribution in [2.24, 2.45) is 5.41 Å². The standard InChI is InChI=1S/C12H16N2O4/c1-11(3-2-6-18-11)7-14-9(16)12(4-5-12)8(15)13-10(14)17/h2-7H2,1H3,(H,13,15,17). The third-order valence-corrected chi connectivity index (χ3v) is 4.10. The molecule has 1 aliphatic carbocycles. The summed E-state index contributed by atoms with van der Waals surface area (Å²) in [4.78, 5) is 36.8. The van der Waals surface area contributed by atoms with Crippen LogP contribution in [-0.4, -0.2) is 41.5 Å². The van der Waals surface area contributed by atoms with Crippen LogP contribution in [0.2, 0.25) is 0 Å². The molecule has 4 amide bonds. The van der Waals surface area contributed by atoms with E-state index in [0.717, 1.165) is 17.7 Å². The summed E-state index contributed by atoms with van der Waals surface area (Å²) in [6.07, 6.45) is 2.84. The number of hydrogen-bond acceptors (Lipinski definition) is 4. The largest absolute Gasteiger partial charge is 0.373 e. The van der Waals surface area contributed by atoms with Gasteiger partial charge in [0.25, 0.3) is 0 Å². The normalized spacial score (nSPS) is 34.1. The highest BCUT2D eigenvalue weighted by molar-refractivity contribution is 6.20. The Labute approximate surface area is 105 Å². The Hall–Kier alpha value is -1.43. The number of carbonyl (C=O) groups is 3. The van der Waals surface area contributed by atoms with E-state index in [1.807, 2.05) is 6.92 Å². The summed E-state index contributed by atoms with van der Waals surface area (Å²) in [5.41, 5.74) is -1.42. The van der Waals surface area contributed by atoms with Gasteiger partial charge in [-0.3, -0.25) is 19.8 Å². The zero-order valence-electron chi connectivity index (χ0n) is 10.3. The quantitative estimate of drug-likeness (QED) is 0.722. The lowest BCUT2D eigenvalue weighted by atomic mass is 9.98. The van der Waals surface area contributed by atoms with Crippen LogP contribution in [0.3, 0.4) is 0 Å². The Morgan fingerprint density at radius 2 is 2.00 bits per heavy atom. The van der Waals surface area contributed by atoms with Gasteiger partial charge in [-0.1, -0.05) is 0 Å². The van der Waals surface area contributed by atoms with Crippen LogP contribution in [0.25, 0.3) is 0 Å². The minimum Gasteiger partial charge on any atom is -0.373 e. The molecular weight excluding hydrogens is 236 g/mol. The van der Waals surface area contributed by atoms with Crippen molar-refractivity contribution < 1.29 is 19.1 Å². The minimum atomic E-state index is -0.955. The van der Waals surface area contributed by atoms with Gasteiger partial charge in [0.05, 0.1) is 12.1 Å². The van der Waals surface area contributed by atoms with Gasteiger partial charge in [-0.2, -0.15) is 0 Å². The average Bonchev–Trinajstić information content (AvgIpc) is 3.02. The van der Waals surface area contributed by atoms with Crippen molar-refractivity contribution in [1.29, 1.82) is 0 Å². The van der Waals surface area contributed by atoms with E-state index < -0.39 is 23.0 Å². The molecular formula is C12H16N2O4. The number of nitrogens with zero attached hydrogens (tertiary/aromatic N) is 1. The van der Waals surface area contributed by atoms with Gasteiger partial charge >= 0.3 is 6.03 Å². The van der Waals surface area contributed by atoms with Gasteiger partial charge in [0.1, 0.15) is 5.41 Å². The van der Waals surface area contributed by atoms with E-state index in [9.17, 15) is 14.4 Å². The first-order chi connectivity index (χ1) is 8.47. The van der Waals surface area contributed by atoms with E-state index in [1.54, 1.807) is 0 Å². The lowest BCUT2D eigenvalue weighted by molar-refractivity contribution is -0.147. The van der Waals surface area contributed by atoms with E-state index in [4.69, 9.17) is 4.74 Å². The van der Waals surface area contributed by atoms with Crippen LogP contribution in [0.5, 0.6) is 0 Å². The topological polar surface area (TPSA) is 75.7 Å². The predicted octanol–water partition coefficient (Wildman–Crippen LogP) is 0.414. The third-order valence-electron chi connectivity index (χ3n) is 4.10. The molecule has 1 N–H and O–H groups in total. The maximum atomic E-state index is 12.2. The number of hydrogen-bond donors (Lipinski definition) is 1. The first-order valence-electron chi connectivity index (χ1n) is 6.28. The number of nitrogens with one attached hydrogen (secondary N) is 1. The molecule has 1 spiro atoms. The predicted molar refractivity (Wildman–Crippen MR) is 60.5 cm³/mol. The second-order valence-electron chi connectivity index (χ2n) is 5.63. The van der Waals surface area contributed by atoms with Gasteiger partial charge in [-0.05, 0) is 32.6 Å². The number of barbiturate groups is 1. The summed E-state index contributed by atoms with van der Waals surface area (Å²) >= 11 is 0. The van der Waals surface area contributed by atoms with E-state index in [-0.39, 0.29) is 12.5 Å². The Kier molecular flexibility index (Phi) is 2.29. The summed E-state index contributed by atoms with van der Waals surface area (Å²) in [5.74, 6) is -0.792. The molecule has 6 heteroatoms. The van der Waals surface area contributed by atoms with Crippen molar-refractivity contribution in [3.63, 3.8) is 0 Å². The van der Waals surface area contributed by atoms with Crippen molar-refractivity contribution in [1.82, 2.24) is 10.2 Å². The van der Waals surface area contributed by atoms with Crippen LogP contribution >= 0.6 is 0 Å². The summed E-state index contributed by atoms with van der Waals surface area (Å²) in [6.45, 7) is 2.79. The number of amides is 4. The zero-order chi connectivity index (χ0) is 13.0. The number of carbonyl (C=O) groups excluding carboxylic acids is 3. The van der Waals surface area contributed by atoms with Crippen LogP contribution in [0, 0.1) is 5.41 Å². The van der Waals surface area contributed by atoms with Crippen LogP contribution in [0.15, 0.2) is 0 Å². The molecule has 2 saturated heterocycles. The van der Waals surface area contributed by atoms with E-state index in [2.05, 4.69) is 5.32 Å². The van der Waals surface area contributed by atoms with Crippen LogP contribution in [0.4, 0.5) is 4.79 Å².